The zero-order valence-corrected chi connectivity index (χ0v) is 14.8. The number of carbonyl (C=O) groups is 1. The topological polar surface area (TPSA) is 38.8 Å². The van der Waals surface area contributed by atoms with Crippen LogP contribution in [0.15, 0.2) is 46.9 Å². The predicted molar refractivity (Wildman–Crippen MR) is 94.6 cm³/mol. The Hall–Kier alpha value is -2.01. The molecule has 1 unspecified atom stereocenters. The number of benzene rings is 2. The fourth-order valence-corrected chi connectivity index (χ4v) is 3.81. The van der Waals surface area contributed by atoms with E-state index < -0.39 is 0 Å². The molecule has 4 rings (SSSR count). The summed E-state index contributed by atoms with van der Waals surface area (Å²) < 4.78 is 12.2. The first-order valence-corrected chi connectivity index (χ1v) is 8.98. The molecule has 2 aromatic carbocycles. The molecule has 1 amide bonds. The van der Waals surface area contributed by atoms with E-state index in [-0.39, 0.29) is 11.9 Å². The molecule has 2 aliphatic rings. The molecule has 0 bridgehead atoms. The number of hydrogen-bond acceptors (Lipinski definition) is 3. The van der Waals surface area contributed by atoms with Crippen LogP contribution in [0.1, 0.15) is 34.8 Å². The van der Waals surface area contributed by atoms with Crippen LogP contribution in [0, 0.1) is 0 Å². The van der Waals surface area contributed by atoms with Crippen molar-refractivity contribution >= 4 is 21.8 Å². The molecule has 0 radical (unpaired) electrons. The van der Waals surface area contributed by atoms with E-state index in [0.29, 0.717) is 18.8 Å². The van der Waals surface area contributed by atoms with Gasteiger partial charge in [-0.05, 0) is 48.7 Å². The second kappa shape index (κ2) is 6.48. The number of likely N-dealkylation sites (tertiary alicyclic amines) is 1. The Kier molecular flexibility index (Phi) is 4.19. The molecule has 124 valence electrons. The first-order valence-electron chi connectivity index (χ1n) is 8.18. The lowest BCUT2D eigenvalue weighted by Crippen LogP contribution is -2.30. The van der Waals surface area contributed by atoms with Gasteiger partial charge in [0.2, 0.25) is 0 Å². The molecule has 1 fully saturated rings. The third kappa shape index (κ3) is 2.88. The van der Waals surface area contributed by atoms with Crippen LogP contribution in [0.4, 0.5) is 0 Å². The minimum absolute atomic E-state index is 0.0775. The van der Waals surface area contributed by atoms with Crippen molar-refractivity contribution in [3.63, 3.8) is 0 Å². The van der Waals surface area contributed by atoms with Crippen LogP contribution in [0.25, 0.3) is 0 Å². The molecule has 0 N–H and O–H groups in total. The average molecular weight is 388 g/mol. The standard InChI is InChI=1S/C19H18BrNO3/c20-15-4-1-3-14(11-15)19(22)21-8-2-5-16(21)13-6-7-17-18(12-13)24-10-9-23-17/h1,3-4,6-7,11-12,16H,2,5,8-10H2. The fourth-order valence-electron chi connectivity index (χ4n) is 3.41. The number of rotatable bonds is 2. The summed E-state index contributed by atoms with van der Waals surface area (Å²) in [6.07, 6.45) is 1.98. The molecular weight excluding hydrogens is 370 g/mol. The number of nitrogens with zero attached hydrogens (tertiary/aromatic N) is 1. The summed E-state index contributed by atoms with van der Waals surface area (Å²) >= 11 is 3.44. The molecule has 0 aromatic heterocycles. The van der Waals surface area contributed by atoms with Crippen LogP contribution in [-0.4, -0.2) is 30.6 Å². The predicted octanol–water partition coefficient (Wildman–Crippen LogP) is 4.20. The zero-order chi connectivity index (χ0) is 16.5. The minimum Gasteiger partial charge on any atom is -0.486 e. The highest BCUT2D eigenvalue weighted by molar-refractivity contribution is 9.10. The Balaban J connectivity index is 1.62. The zero-order valence-electron chi connectivity index (χ0n) is 13.2. The first-order chi connectivity index (χ1) is 11.7. The van der Waals surface area contributed by atoms with Crippen molar-refractivity contribution in [1.29, 1.82) is 0 Å². The lowest BCUT2D eigenvalue weighted by Gasteiger charge is -2.27. The number of amides is 1. The van der Waals surface area contributed by atoms with Gasteiger partial charge in [-0.1, -0.05) is 28.1 Å². The Bertz CT molecular complexity index is 777. The Morgan fingerprint density at radius 1 is 1.08 bits per heavy atom. The van der Waals surface area contributed by atoms with Crippen LogP contribution in [-0.2, 0) is 0 Å². The summed E-state index contributed by atoms with van der Waals surface area (Å²) in [5.41, 5.74) is 1.83. The molecule has 0 saturated carbocycles. The van der Waals surface area contributed by atoms with Gasteiger partial charge in [-0.2, -0.15) is 0 Å². The van der Waals surface area contributed by atoms with Gasteiger partial charge in [-0.15, -0.1) is 0 Å². The van der Waals surface area contributed by atoms with Gasteiger partial charge in [0.15, 0.2) is 11.5 Å². The number of hydrogen-bond donors (Lipinski definition) is 0. The van der Waals surface area contributed by atoms with E-state index in [1.54, 1.807) is 0 Å². The van der Waals surface area contributed by atoms with Crippen LogP contribution in [0.2, 0.25) is 0 Å². The van der Waals surface area contributed by atoms with Crippen molar-refractivity contribution in [3.05, 3.63) is 58.1 Å². The number of ether oxygens (including phenoxy) is 2. The minimum atomic E-state index is 0.0775. The van der Waals surface area contributed by atoms with Gasteiger partial charge in [-0.25, -0.2) is 0 Å². The van der Waals surface area contributed by atoms with E-state index in [0.717, 1.165) is 40.9 Å². The van der Waals surface area contributed by atoms with Crippen LogP contribution < -0.4 is 9.47 Å². The molecule has 2 aliphatic heterocycles. The molecule has 1 saturated heterocycles. The third-order valence-corrected chi connectivity index (χ3v) is 5.03. The Morgan fingerprint density at radius 2 is 1.92 bits per heavy atom. The summed E-state index contributed by atoms with van der Waals surface area (Å²) in [5, 5.41) is 0. The maximum Gasteiger partial charge on any atom is 0.254 e. The van der Waals surface area contributed by atoms with Gasteiger partial charge < -0.3 is 14.4 Å². The second-order valence-corrected chi connectivity index (χ2v) is 6.99. The van der Waals surface area contributed by atoms with Crippen molar-refractivity contribution in [2.75, 3.05) is 19.8 Å². The number of carbonyl (C=O) groups excluding carboxylic acids is 1. The number of halogens is 1. The summed E-state index contributed by atoms with van der Waals surface area (Å²) in [6.45, 7) is 1.94. The smallest absolute Gasteiger partial charge is 0.254 e. The second-order valence-electron chi connectivity index (χ2n) is 6.07. The Morgan fingerprint density at radius 3 is 2.75 bits per heavy atom. The van der Waals surface area contributed by atoms with Crippen molar-refractivity contribution in [2.45, 2.75) is 18.9 Å². The highest BCUT2D eigenvalue weighted by atomic mass is 79.9. The van der Waals surface area contributed by atoms with Gasteiger partial charge in [-0.3, -0.25) is 4.79 Å². The van der Waals surface area contributed by atoms with E-state index in [2.05, 4.69) is 15.9 Å². The summed E-state index contributed by atoms with van der Waals surface area (Å²) in [4.78, 5) is 14.9. The van der Waals surface area contributed by atoms with Crippen LogP contribution >= 0.6 is 15.9 Å². The molecule has 0 spiro atoms. The average Bonchev–Trinajstić information content (AvgIpc) is 3.10. The lowest BCUT2D eigenvalue weighted by molar-refractivity contribution is 0.0735. The maximum absolute atomic E-state index is 12.9. The van der Waals surface area contributed by atoms with E-state index >= 15 is 0 Å². The van der Waals surface area contributed by atoms with Crippen molar-refractivity contribution in [2.24, 2.45) is 0 Å². The van der Waals surface area contributed by atoms with E-state index in [9.17, 15) is 4.79 Å². The van der Waals surface area contributed by atoms with Gasteiger partial charge in [0.1, 0.15) is 13.2 Å². The van der Waals surface area contributed by atoms with Crippen molar-refractivity contribution in [3.8, 4) is 11.5 Å². The summed E-state index contributed by atoms with van der Waals surface area (Å²) in [5.74, 6) is 1.64. The normalized spacial score (nSPS) is 19.4. The third-order valence-electron chi connectivity index (χ3n) is 4.54. The van der Waals surface area contributed by atoms with Gasteiger partial charge >= 0.3 is 0 Å². The van der Waals surface area contributed by atoms with E-state index in [1.807, 2.05) is 47.4 Å². The molecule has 2 aromatic rings. The quantitative estimate of drug-likeness (QED) is 0.774. The molecule has 2 heterocycles. The maximum atomic E-state index is 12.9. The van der Waals surface area contributed by atoms with E-state index in [4.69, 9.17) is 9.47 Å². The van der Waals surface area contributed by atoms with Crippen molar-refractivity contribution < 1.29 is 14.3 Å². The first kappa shape index (κ1) is 15.5. The molecule has 0 aliphatic carbocycles. The van der Waals surface area contributed by atoms with Crippen molar-refractivity contribution in [1.82, 2.24) is 4.90 Å². The molecule has 4 nitrogen and oxygen atoms in total. The molecule has 1 atom stereocenters. The Labute approximate surface area is 149 Å². The molecular formula is C19H18BrNO3. The highest BCUT2D eigenvalue weighted by Gasteiger charge is 2.31. The summed E-state index contributed by atoms with van der Waals surface area (Å²) in [6, 6.07) is 13.7. The van der Waals surface area contributed by atoms with Gasteiger partial charge in [0.05, 0.1) is 6.04 Å². The lowest BCUT2D eigenvalue weighted by atomic mass is 10.0. The highest BCUT2D eigenvalue weighted by Crippen LogP contribution is 2.38. The SMILES string of the molecule is O=C(c1cccc(Br)c1)N1CCCC1c1ccc2c(c1)OCCO2. The van der Waals surface area contributed by atoms with Crippen LogP contribution in [0.3, 0.4) is 0 Å². The van der Waals surface area contributed by atoms with E-state index in [1.165, 1.54) is 0 Å². The van der Waals surface area contributed by atoms with Gasteiger partial charge in [0.25, 0.3) is 5.91 Å². The fraction of sp³-hybridized carbons (Fsp3) is 0.316. The summed E-state index contributed by atoms with van der Waals surface area (Å²) in [7, 11) is 0. The monoisotopic (exact) mass is 387 g/mol. The number of fused-ring (bicyclic) bond motifs is 1. The molecule has 5 heteroatoms. The molecule has 24 heavy (non-hydrogen) atoms. The largest absolute Gasteiger partial charge is 0.486 e. The van der Waals surface area contributed by atoms with Gasteiger partial charge in [0, 0.05) is 16.6 Å². The van der Waals surface area contributed by atoms with Crippen LogP contribution in [0.5, 0.6) is 11.5 Å².